The third-order valence-electron chi connectivity index (χ3n) is 4.75. The Kier molecular flexibility index (Phi) is 5.22. The van der Waals surface area contributed by atoms with Crippen molar-refractivity contribution in [1.29, 1.82) is 0 Å². The van der Waals surface area contributed by atoms with Gasteiger partial charge in [0.25, 0.3) is 0 Å². The minimum absolute atomic E-state index is 0.277. The molecule has 0 spiro atoms. The maximum absolute atomic E-state index is 10.3. The van der Waals surface area contributed by atoms with E-state index in [4.69, 9.17) is 14.2 Å². The number of β-amino-alcohol motifs (C(OH)–C–C–N with tert-alkyl or cyclic N) is 1. The fourth-order valence-electron chi connectivity index (χ4n) is 3.55. The standard InChI is InChI=1S/C19H23NO4S/c21-16(9-20-6-1-2-17(20)15-5-7-25-12-15)11-22-10-14-3-4-18-19(8-14)24-13-23-18/h3-5,7-8,12,16-17,21H,1-2,6,9-11,13H2/t16-,17+/m0/s1. The van der Waals surface area contributed by atoms with Gasteiger partial charge in [-0.3, -0.25) is 4.90 Å². The van der Waals surface area contributed by atoms with E-state index in [0.717, 1.165) is 23.6 Å². The van der Waals surface area contributed by atoms with E-state index < -0.39 is 6.10 Å². The maximum atomic E-state index is 10.3. The van der Waals surface area contributed by atoms with Crippen molar-refractivity contribution in [2.24, 2.45) is 0 Å². The van der Waals surface area contributed by atoms with Crippen molar-refractivity contribution in [3.63, 3.8) is 0 Å². The number of rotatable bonds is 7. The summed E-state index contributed by atoms with van der Waals surface area (Å²) in [7, 11) is 0. The van der Waals surface area contributed by atoms with Crippen LogP contribution in [0, 0.1) is 0 Å². The molecule has 3 heterocycles. The molecule has 0 unspecified atom stereocenters. The lowest BCUT2D eigenvalue weighted by molar-refractivity contribution is 0.00771. The SMILES string of the molecule is O[C@H](COCc1ccc2c(c1)OCO2)CN1CCC[C@@H]1c1ccsc1. The van der Waals surface area contributed by atoms with E-state index in [-0.39, 0.29) is 6.79 Å². The quantitative estimate of drug-likeness (QED) is 0.821. The van der Waals surface area contributed by atoms with Gasteiger partial charge in [-0.25, -0.2) is 0 Å². The second-order valence-electron chi connectivity index (χ2n) is 6.57. The summed E-state index contributed by atoms with van der Waals surface area (Å²) in [4.78, 5) is 2.37. The van der Waals surface area contributed by atoms with E-state index in [9.17, 15) is 5.11 Å². The molecule has 1 N–H and O–H groups in total. The molecule has 2 aliphatic rings. The monoisotopic (exact) mass is 361 g/mol. The van der Waals surface area contributed by atoms with Gasteiger partial charge in [-0.15, -0.1) is 0 Å². The Morgan fingerprint density at radius 3 is 3.08 bits per heavy atom. The molecule has 134 valence electrons. The Bertz CT molecular complexity index is 691. The third kappa shape index (κ3) is 3.98. The van der Waals surface area contributed by atoms with Gasteiger partial charge >= 0.3 is 0 Å². The zero-order valence-corrected chi connectivity index (χ0v) is 14.9. The van der Waals surface area contributed by atoms with E-state index in [1.54, 1.807) is 11.3 Å². The lowest BCUT2D eigenvalue weighted by atomic mass is 10.1. The Labute approximate surface area is 151 Å². The molecule has 25 heavy (non-hydrogen) atoms. The van der Waals surface area contributed by atoms with Crippen molar-refractivity contribution in [3.8, 4) is 11.5 Å². The predicted octanol–water partition coefficient (Wildman–Crippen LogP) is 3.19. The first-order chi connectivity index (χ1) is 12.3. The molecule has 1 fully saturated rings. The summed E-state index contributed by atoms with van der Waals surface area (Å²) >= 11 is 1.73. The number of nitrogens with zero attached hydrogens (tertiary/aromatic N) is 1. The summed E-state index contributed by atoms with van der Waals surface area (Å²) in [6.07, 6.45) is 1.88. The third-order valence-corrected chi connectivity index (χ3v) is 5.45. The zero-order chi connectivity index (χ0) is 17.1. The van der Waals surface area contributed by atoms with Crippen LogP contribution in [-0.4, -0.2) is 42.6 Å². The molecule has 6 heteroatoms. The summed E-state index contributed by atoms with van der Waals surface area (Å²) in [6.45, 7) is 2.77. The fraction of sp³-hybridized carbons (Fsp3) is 0.474. The van der Waals surface area contributed by atoms with Crippen LogP contribution < -0.4 is 9.47 Å². The molecule has 1 aromatic carbocycles. The highest BCUT2D eigenvalue weighted by Crippen LogP contribution is 2.33. The van der Waals surface area contributed by atoms with Gasteiger partial charge in [0.05, 0.1) is 19.3 Å². The number of aliphatic hydroxyl groups is 1. The van der Waals surface area contributed by atoms with Gasteiger partial charge in [0.15, 0.2) is 11.5 Å². The van der Waals surface area contributed by atoms with Crippen LogP contribution >= 0.6 is 11.3 Å². The Hall–Kier alpha value is -1.60. The highest BCUT2D eigenvalue weighted by atomic mass is 32.1. The molecule has 2 aromatic rings. The predicted molar refractivity (Wildman–Crippen MR) is 96.1 cm³/mol. The molecule has 4 rings (SSSR count). The smallest absolute Gasteiger partial charge is 0.231 e. The summed E-state index contributed by atoms with van der Waals surface area (Å²) in [5.74, 6) is 1.54. The van der Waals surface area contributed by atoms with Gasteiger partial charge in [-0.1, -0.05) is 6.07 Å². The minimum atomic E-state index is -0.478. The number of benzene rings is 1. The van der Waals surface area contributed by atoms with E-state index in [0.29, 0.717) is 25.8 Å². The van der Waals surface area contributed by atoms with E-state index >= 15 is 0 Å². The average molecular weight is 361 g/mol. The summed E-state index contributed by atoms with van der Waals surface area (Å²) in [5.41, 5.74) is 2.39. The van der Waals surface area contributed by atoms with Crippen molar-refractivity contribution >= 4 is 11.3 Å². The first kappa shape index (κ1) is 16.8. The van der Waals surface area contributed by atoms with Gasteiger partial charge in [-0.2, -0.15) is 11.3 Å². The number of thiophene rings is 1. The highest BCUT2D eigenvalue weighted by Gasteiger charge is 2.27. The minimum Gasteiger partial charge on any atom is -0.454 e. The van der Waals surface area contributed by atoms with Crippen LogP contribution in [-0.2, 0) is 11.3 Å². The number of ether oxygens (including phenoxy) is 3. The van der Waals surface area contributed by atoms with Crippen molar-refractivity contribution < 1.29 is 19.3 Å². The average Bonchev–Trinajstić information content (AvgIpc) is 3.35. The molecule has 5 nitrogen and oxygen atoms in total. The molecule has 0 amide bonds. The van der Waals surface area contributed by atoms with Crippen LogP contribution in [0.5, 0.6) is 11.5 Å². The van der Waals surface area contributed by atoms with E-state index in [1.165, 1.54) is 18.4 Å². The summed E-state index contributed by atoms with van der Waals surface area (Å²) in [6, 6.07) is 8.42. The Morgan fingerprint density at radius 2 is 2.20 bits per heavy atom. The number of likely N-dealkylation sites (tertiary alicyclic amines) is 1. The van der Waals surface area contributed by atoms with E-state index in [1.807, 2.05) is 18.2 Å². The van der Waals surface area contributed by atoms with Crippen LogP contribution in [0.3, 0.4) is 0 Å². The Morgan fingerprint density at radius 1 is 1.28 bits per heavy atom. The normalized spacial score (nSPS) is 20.9. The first-order valence-corrected chi connectivity index (χ1v) is 9.64. The molecular weight excluding hydrogens is 338 g/mol. The van der Waals surface area contributed by atoms with Gasteiger partial charge in [-0.05, 0) is 59.5 Å². The molecule has 0 bridgehead atoms. The van der Waals surface area contributed by atoms with Gasteiger partial charge < -0.3 is 19.3 Å². The molecule has 2 aliphatic heterocycles. The van der Waals surface area contributed by atoms with Gasteiger partial charge in [0.2, 0.25) is 6.79 Å². The Balaban J connectivity index is 1.24. The molecule has 1 saturated heterocycles. The fourth-order valence-corrected chi connectivity index (χ4v) is 4.26. The number of hydrogen-bond acceptors (Lipinski definition) is 6. The number of fused-ring (bicyclic) bond motifs is 1. The van der Waals surface area contributed by atoms with Crippen LogP contribution in [0.1, 0.15) is 30.0 Å². The van der Waals surface area contributed by atoms with Crippen molar-refractivity contribution in [3.05, 3.63) is 46.2 Å². The van der Waals surface area contributed by atoms with Crippen LogP contribution in [0.25, 0.3) is 0 Å². The van der Waals surface area contributed by atoms with Crippen LogP contribution in [0.15, 0.2) is 35.0 Å². The molecule has 0 saturated carbocycles. The molecule has 1 aromatic heterocycles. The number of aliphatic hydroxyl groups excluding tert-OH is 1. The molecular formula is C19H23NO4S. The van der Waals surface area contributed by atoms with Crippen molar-refractivity contribution in [2.45, 2.75) is 31.6 Å². The number of hydrogen-bond donors (Lipinski definition) is 1. The second-order valence-corrected chi connectivity index (χ2v) is 7.35. The lowest BCUT2D eigenvalue weighted by Crippen LogP contribution is -2.34. The van der Waals surface area contributed by atoms with Crippen molar-refractivity contribution in [2.75, 3.05) is 26.5 Å². The molecule has 2 atom stereocenters. The van der Waals surface area contributed by atoms with Gasteiger partial charge in [0, 0.05) is 12.6 Å². The van der Waals surface area contributed by atoms with E-state index in [2.05, 4.69) is 21.7 Å². The zero-order valence-electron chi connectivity index (χ0n) is 14.1. The first-order valence-electron chi connectivity index (χ1n) is 8.70. The van der Waals surface area contributed by atoms with Crippen LogP contribution in [0.4, 0.5) is 0 Å². The summed E-state index contributed by atoms with van der Waals surface area (Å²) < 4.78 is 16.4. The topological polar surface area (TPSA) is 51.2 Å². The van der Waals surface area contributed by atoms with Gasteiger partial charge in [0.1, 0.15) is 0 Å². The van der Waals surface area contributed by atoms with Crippen LogP contribution in [0.2, 0.25) is 0 Å². The molecule has 0 radical (unpaired) electrons. The summed E-state index contributed by atoms with van der Waals surface area (Å²) in [5, 5.41) is 14.7. The highest BCUT2D eigenvalue weighted by molar-refractivity contribution is 7.07. The van der Waals surface area contributed by atoms with Crippen molar-refractivity contribution in [1.82, 2.24) is 4.90 Å². The lowest BCUT2D eigenvalue weighted by Gasteiger charge is -2.26. The molecule has 0 aliphatic carbocycles. The maximum Gasteiger partial charge on any atom is 0.231 e. The largest absolute Gasteiger partial charge is 0.454 e. The second kappa shape index (κ2) is 7.74.